The topological polar surface area (TPSA) is 95.6 Å². The third-order valence-electron chi connectivity index (χ3n) is 7.52. The summed E-state index contributed by atoms with van der Waals surface area (Å²) in [5.74, 6) is 2.34. The third kappa shape index (κ3) is 6.39. The quantitative estimate of drug-likeness (QED) is 0.534. The summed E-state index contributed by atoms with van der Waals surface area (Å²) in [6, 6.07) is 13.1. The molecule has 3 heterocycles. The molecule has 210 valence electrons. The van der Waals surface area contributed by atoms with Crippen LogP contribution in [0, 0.1) is 0 Å². The number of amides is 3. The van der Waals surface area contributed by atoms with Gasteiger partial charge in [-0.2, -0.15) is 0 Å². The van der Waals surface area contributed by atoms with Crippen LogP contribution in [0.15, 0.2) is 42.5 Å². The van der Waals surface area contributed by atoms with Crippen LogP contribution < -0.4 is 24.8 Å². The van der Waals surface area contributed by atoms with E-state index in [1.807, 2.05) is 66.1 Å². The molecule has 0 saturated carbocycles. The second kappa shape index (κ2) is 12.1. The lowest BCUT2D eigenvalue weighted by molar-refractivity contribution is -0.136. The zero-order valence-corrected chi connectivity index (χ0v) is 23.0. The highest BCUT2D eigenvalue weighted by Crippen LogP contribution is 2.34. The van der Waals surface area contributed by atoms with Crippen LogP contribution in [0.4, 0.5) is 4.79 Å². The predicted octanol–water partition coefficient (Wildman–Crippen LogP) is 2.42. The number of methoxy groups -OCH3 is 1. The van der Waals surface area contributed by atoms with E-state index < -0.39 is 0 Å². The van der Waals surface area contributed by atoms with E-state index in [0.29, 0.717) is 39.1 Å². The first-order valence-electron chi connectivity index (χ1n) is 13.7. The minimum absolute atomic E-state index is 0.00488. The van der Waals surface area contributed by atoms with Crippen molar-refractivity contribution in [1.82, 2.24) is 25.3 Å². The molecule has 3 amide bonds. The molecular formula is C29H39N5O5. The summed E-state index contributed by atoms with van der Waals surface area (Å²) in [5.41, 5.74) is 2.02. The lowest BCUT2D eigenvalue weighted by Gasteiger charge is -2.32. The Morgan fingerprint density at radius 2 is 1.90 bits per heavy atom. The zero-order chi connectivity index (χ0) is 27.4. The Labute approximate surface area is 230 Å². The summed E-state index contributed by atoms with van der Waals surface area (Å²) in [6.45, 7) is 8.70. The van der Waals surface area contributed by atoms with Gasteiger partial charge in [0.15, 0.2) is 11.5 Å². The molecule has 0 aliphatic carbocycles. The Morgan fingerprint density at radius 1 is 1.10 bits per heavy atom. The van der Waals surface area contributed by atoms with Crippen molar-refractivity contribution in [2.75, 3.05) is 46.6 Å². The van der Waals surface area contributed by atoms with Gasteiger partial charge in [0.25, 0.3) is 0 Å². The first kappa shape index (κ1) is 27.1. The van der Waals surface area contributed by atoms with Crippen LogP contribution >= 0.6 is 0 Å². The summed E-state index contributed by atoms with van der Waals surface area (Å²) in [6.07, 6.45) is 0.572. The van der Waals surface area contributed by atoms with Gasteiger partial charge in [-0.25, -0.2) is 4.79 Å². The molecule has 0 unspecified atom stereocenters. The average Bonchev–Trinajstić information content (AvgIpc) is 3.58. The molecule has 2 fully saturated rings. The van der Waals surface area contributed by atoms with E-state index in [1.165, 1.54) is 0 Å². The van der Waals surface area contributed by atoms with E-state index in [2.05, 4.69) is 15.5 Å². The van der Waals surface area contributed by atoms with Gasteiger partial charge in [0.05, 0.1) is 13.2 Å². The van der Waals surface area contributed by atoms with E-state index >= 15 is 0 Å². The van der Waals surface area contributed by atoms with Gasteiger partial charge in [-0.05, 0) is 55.7 Å². The maximum Gasteiger partial charge on any atom is 0.318 e. The van der Waals surface area contributed by atoms with E-state index in [-0.39, 0.29) is 36.9 Å². The van der Waals surface area contributed by atoms with Gasteiger partial charge in [0.1, 0.15) is 5.75 Å². The molecule has 2 atom stereocenters. The van der Waals surface area contributed by atoms with Crippen molar-refractivity contribution in [1.29, 1.82) is 0 Å². The van der Waals surface area contributed by atoms with E-state index in [1.54, 1.807) is 7.11 Å². The summed E-state index contributed by atoms with van der Waals surface area (Å²) < 4.78 is 16.5. The van der Waals surface area contributed by atoms with Gasteiger partial charge >= 0.3 is 6.03 Å². The van der Waals surface area contributed by atoms with Crippen LogP contribution in [-0.4, -0.2) is 91.4 Å². The minimum Gasteiger partial charge on any atom is -0.497 e. The van der Waals surface area contributed by atoms with Gasteiger partial charge in [0, 0.05) is 57.9 Å². The minimum atomic E-state index is -0.321. The highest BCUT2D eigenvalue weighted by atomic mass is 16.7. The number of fused-ring (bicyclic) bond motifs is 1. The standard InChI is InChI=1S/C29H39N5O5/c1-20(2)31-29(36)34(17-21-5-4-6-24(13-21)37-3)23-15-25(28(35)32-11-9-30-10-12-32)33(18-23)16-22-7-8-26-27(14-22)39-19-38-26/h4-8,13-14,20,23,25,30H,9-12,15-19H2,1-3H3,(H,31,36)/t23-,25-/m0/s1. The molecule has 39 heavy (non-hydrogen) atoms. The molecule has 0 spiro atoms. The van der Waals surface area contributed by atoms with Crippen LogP contribution in [-0.2, 0) is 17.9 Å². The van der Waals surface area contributed by atoms with Gasteiger partial charge in [0.2, 0.25) is 12.7 Å². The van der Waals surface area contributed by atoms with E-state index in [0.717, 1.165) is 41.5 Å². The van der Waals surface area contributed by atoms with Crippen LogP contribution in [0.5, 0.6) is 17.2 Å². The number of urea groups is 1. The highest BCUT2D eigenvalue weighted by molar-refractivity contribution is 5.83. The maximum absolute atomic E-state index is 13.8. The Balaban J connectivity index is 1.41. The van der Waals surface area contributed by atoms with Crippen molar-refractivity contribution in [2.45, 2.75) is 51.5 Å². The SMILES string of the molecule is COc1cccc(CN(C(=O)NC(C)C)[C@H]2C[C@@H](C(=O)N3CCNCC3)N(Cc3ccc4c(c3)OCO4)C2)c1. The Kier molecular flexibility index (Phi) is 8.42. The number of carbonyl (C=O) groups excluding carboxylic acids is 2. The van der Waals surface area contributed by atoms with Gasteiger partial charge in [-0.15, -0.1) is 0 Å². The van der Waals surface area contributed by atoms with Crippen LogP contribution in [0.2, 0.25) is 0 Å². The molecule has 2 aromatic carbocycles. The molecule has 3 aliphatic rings. The monoisotopic (exact) mass is 537 g/mol. The first-order valence-corrected chi connectivity index (χ1v) is 13.7. The van der Waals surface area contributed by atoms with Gasteiger partial charge < -0.3 is 34.6 Å². The first-order chi connectivity index (χ1) is 18.9. The van der Waals surface area contributed by atoms with Crippen molar-refractivity contribution in [2.24, 2.45) is 0 Å². The third-order valence-corrected chi connectivity index (χ3v) is 7.52. The average molecular weight is 538 g/mol. The number of benzene rings is 2. The predicted molar refractivity (Wildman–Crippen MR) is 147 cm³/mol. The van der Waals surface area contributed by atoms with E-state index in [9.17, 15) is 9.59 Å². The number of nitrogens with one attached hydrogen (secondary N) is 2. The van der Waals surface area contributed by atoms with Crippen molar-refractivity contribution in [3.63, 3.8) is 0 Å². The van der Waals surface area contributed by atoms with Crippen LogP contribution in [0.3, 0.4) is 0 Å². The molecule has 0 bridgehead atoms. The van der Waals surface area contributed by atoms with Crippen molar-refractivity contribution < 1.29 is 23.8 Å². The zero-order valence-electron chi connectivity index (χ0n) is 23.0. The van der Waals surface area contributed by atoms with Crippen LogP contribution in [0.25, 0.3) is 0 Å². The fraction of sp³-hybridized carbons (Fsp3) is 0.517. The summed E-state index contributed by atoms with van der Waals surface area (Å²) in [4.78, 5) is 33.4. The Morgan fingerprint density at radius 3 is 2.67 bits per heavy atom. The van der Waals surface area contributed by atoms with Crippen molar-refractivity contribution >= 4 is 11.9 Å². The maximum atomic E-state index is 13.8. The highest BCUT2D eigenvalue weighted by Gasteiger charge is 2.42. The lowest BCUT2D eigenvalue weighted by Crippen LogP contribution is -2.52. The number of hydrogen-bond acceptors (Lipinski definition) is 7. The molecule has 2 aromatic rings. The molecule has 10 heteroatoms. The number of rotatable bonds is 8. The molecule has 0 aromatic heterocycles. The molecular weight excluding hydrogens is 498 g/mol. The Bertz CT molecular complexity index is 1170. The van der Waals surface area contributed by atoms with Gasteiger partial charge in [-0.1, -0.05) is 18.2 Å². The van der Waals surface area contributed by atoms with Crippen molar-refractivity contribution in [3.05, 3.63) is 53.6 Å². The second-order valence-corrected chi connectivity index (χ2v) is 10.7. The Hall–Kier alpha value is -3.50. The molecule has 10 nitrogen and oxygen atoms in total. The lowest BCUT2D eigenvalue weighted by atomic mass is 10.1. The number of piperazine rings is 1. The summed E-state index contributed by atoms with van der Waals surface area (Å²) in [5, 5.41) is 6.40. The number of ether oxygens (including phenoxy) is 3. The number of likely N-dealkylation sites (tertiary alicyclic amines) is 1. The number of hydrogen-bond donors (Lipinski definition) is 2. The smallest absolute Gasteiger partial charge is 0.318 e. The molecule has 5 rings (SSSR count). The van der Waals surface area contributed by atoms with Crippen LogP contribution in [0.1, 0.15) is 31.4 Å². The normalized spacial score (nSPS) is 20.8. The molecule has 3 aliphatic heterocycles. The van der Waals surface area contributed by atoms with Gasteiger partial charge in [-0.3, -0.25) is 9.69 Å². The van der Waals surface area contributed by atoms with E-state index in [4.69, 9.17) is 14.2 Å². The molecule has 2 N–H and O–H groups in total. The fourth-order valence-corrected chi connectivity index (χ4v) is 5.57. The summed E-state index contributed by atoms with van der Waals surface area (Å²) in [7, 11) is 1.64. The largest absolute Gasteiger partial charge is 0.497 e. The fourth-order valence-electron chi connectivity index (χ4n) is 5.57. The number of carbonyl (C=O) groups is 2. The number of nitrogens with zero attached hydrogens (tertiary/aromatic N) is 3. The molecule has 0 radical (unpaired) electrons. The van der Waals surface area contributed by atoms with Crippen molar-refractivity contribution in [3.8, 4) is 17.2 Å². The summed E-state index contributed by atoms with van der Waals surface area (Å²) >= 11 is 0. The molecule has 2 saturated heterocycles. The second-order valence-electron chi connectivity index (χ2n) is 10.7.